The number of carboxylic acids is 2. The Morgan fingerprint density at radius 2 is 0.833 bits per heavy atom. The van der Waals surface area contributed by atoms with Crippen LogP contribution in [-0.2, 0) is 0 Å². The van der Waals surface area contributed by atoms with E-state index in [0.717, 1.165) is 0 Å². The Hall–Kier alpha value is -5.17. The molecule has 36 heavy (non-hydrogen) atoms. The van der Waals surface area contributed by atoms with Gasteiger partial charge < -0.3 is 10.2 Å². The first-order valence-corrected chi connectivity index (χ1v) is 11.1. The van der Waals surface area contributed by atoms with Crippen molar-refractivity contribution in [3.05, 3.63) is 114 Å². The molecule has 2 N–H and O–H groups in total. The number of aromatic nitrogens is 3. The van der Waals surface area contributed by atoms with E-state index in [0.29, 0.717) is 45.3 Å². The van der Waals surface area contributed by atoms with Crippen LogP contribution in [0.25, 0.3) is 45.3 Å². The first-order chi connectivity index (χ1) is 17.5. The molecule has 174 valence electrons. The molecule has 0 atom stereocenters. The fourth-order valence-electron chi connectivity index (χ4n) is 3.90. The predicted octanol–water partition coefficient (Wildman–Crippen LogP) is 5.94. The van der Waals surface area contributed by atoms with Crippen molar-refractivity contribution in [2.45, 2.75) is 0 Å². The quantitative estimate of drug-likeness (QED) is 0.314. The van der Waals surface area contributed by atoms with E-state index < -0.39 is 11.9 Å². The van der Waals surface area contributed by atoms with Crippen molar-refractivity contribution in [1.29, 1.82) is 0 Å². The molecular formula is C29H19N3O4. The van der Waals surface area contributed by atoms with Crippen LogP contribution >= 0.6 is 0 Å². The Labute approximate surface area is 206 Å². The van der Waals surface area contributed by atoms with Crippen LogP contribution in [0.15, 0.2) is 103 Å². The maximum atomic E-state index is 11.8. The van der Waals surface area contributed by atoms with Gasteiger partial charge in [0, 0.05) is 11.1 Å². The Morgan fingerprint density at radius 3 is 1.22 bits per heavy atom. The van der Waals surface area contributed by atoms with Gasteiger partial charge >= 0.3 is 11.9 Å². The van der Waals surface area contributed by atoms with Gasteiger partial charge in [-0.2, -0.15) is 0 Å². The first-order valence-electron chi connectivity index (χ1n) is 11.1. The average Bonchev–Trinajstić information content (AvgIpc) is 2.93. The van der Waals surface area contributed by atoms with Crippen molar-refractivity contribution in [3.63, 3.8) is 0 Å². The van der Waals surface area contributed by atoms with Crippen molar-refractivity contribution in [2.75, 3.05) is 0 Å². The van der Waals surface area contributed by atoms with Gasteiger partial charge in [0.15, 0.2) is 0 Å². The van der Waals surface area contributed by atoms with Crippen molar-refractivity contribution < 1.29 is 19.8 Å². The summed E-state index contributed by atoms with van der Waals surface area (Å²) in [5, 5.41) is 19.3. The summed E-state index contributed by atoms with van der Waals surface area (Å²) in [6.45, 7) is 0. The van der Waals surface area contributed by atoms with Crippen LogP contribution in [0.3, 0.4) is 0 Å². The Balaban J connectivity index is 1.60. The third-order valence-corrected chi connectivity index (χ3v) is 5.62. The van der Waals surface area contributed by atoms with Crippen LogP contribution in [-0.4, -0.2) is 37.1 Å². The molecule has 7 heteroatoms. The first kappa shape index (κ1) is 22.6. The molecule has 0 aliphatic rings. The van der Waals surface area contributed by atoms with Crippen molar-refractivity contribution in [2.24, 2.45) is 0 Å². The number of carboxylic acid groups (broad SMARTS) is 2. The molecule has 0 amide bonds. The second kappa shape index (κ2) is 9.60. The lowest BCUT2D eigenvalue weighted by atomic mass is 10.0. The van der Waals surface area contributed by atoms with Gasteiger partial charge in [-0.05, 0) is 36.4 Å². The lowest BCUT2D eigenvalue weighted by Gasteiger charge is -2.11. The topological polar surface area (TPSA) is 113 Å². The van der Waals surface area contributed by atoms with E-state index in [1.165, 1.54) is 12.1 Å². The molecule has 5 aromatic rings. The molecule has 5 rings (SSSR count). The zero-order valence-electron chi connectivity index (χ0n) is 18.9. The highest BCUT2D eigenvalue weighted by molar-refractivity contribution is 5.96. The second-order valence-electron chi connectivity index (χ2n) is 7.94. The van der Waals surface area contributed by atoms with Gasteiger partial charge in [0.2, 0.25) is 0 Å². The zero-order chi connectivity index (χ0) is 25.1. The van der Waals surface area contributed by atoms with Crippen LogP contribution in [0.4, 0.5) is 0 Å². The lowest BCUT2D eigenvalue weighted by molar-refractivity contribution is 0.0686. The van der Waals surface area contributed by atoms with Gasteiger partial charge in [-0.1, -0.05) is 66.7 Å². The summed E-state index contributed by atoms with van der Waals surface area (Å²) in [5.41, 5.74) is 4.35. The number of pyridine rings is 3. The third-order valence-electron chi connectivity index (χ3n) is 5.62. The number of rotatable bonds is 6. The van der Waals surface area contributed by atoms with Crippen LogP contribution in [0.1, 0.15) is 20.7 Å². The second-order valence-corrected chi connectivity index (χ2v) is 7.94. The Kier molecular flexibility index (Phi) is 6.03. The highest BCUT2D eigenvalue weighted by atomic mass is 16.4. The number of benzene rings is 2. The molecule has 3 aromatic heterocycles. The van der Waals surface area contributed by atoms with Gasteiger partial charge in [0.25, 0.3) is 0 Å². The molecular weight excluding hydrogens is 454 g/mol. The molecule has 0 saturated heterocycles. The van der Waals surface area contributed by atoms with Crippen LogP contribution in [0, 0.1) is 0 Å². The summed E-state index contributed by atoms with van der Waals surface area (Å²) in [6, 6.07) is 29.9. The monoisotopic (exact) mass is 473 g/mol. The van der Waals surface area contributed by atoms with Crippen molar-refractivity contribution in [1.82, 2.24) is 15.0 Å². The smallest absolute Gasteiger partial charge is 0.337 e. The summed E-state index contributed by atoms with van der Waals surface area (Å²) in [4.78, 5) is 37.6. The van der Waals surface area contributed by atoms with E-state index in [-0.39, 0.29) is 11.1 Å². The molecule has 0 aliphatic carbocycles. The number of hydrogen-bond acceptors (Lipinski definition) is 5. The standard InChI is InChI=1S/C29H19N3O4/c33-28(34)20-14-16-24(31-26(20)18-8-3-1-4-9-18)22-12-7-13-23(30-22)25-17-15-21(29(35)36)27(32-25)19-10-5-2-6-11-19/h1-17H,(H,33,34)(H,35,36). The van der Waals surface area contributed by atoms with E-state index in [9.17, 15) is 19.8 Å². The summed E-state index contributed by atoms with van der Waals surface area (Å²) in [7, 11) is 0. The maximum absolute atomic E-state index is 11.8. The SMILES string of the molecule is O=C(O)c1ccc(-c2cccc(-c3ccc(C(=O)O)c(-c4ccccc4)n3)n2)nc1-c1ccccc1. The number of carbonyl (C=O) groups is 2. The van der Waals surface area contributed by atoms with E-state index >= 15 is 0 Å². The minimum absolute atomic E-state index is 0.0968. The molecule has 2 aromatic carbocycles. The number of hydrogen-bond donors (Lipinski definition) is 2. The highest BCUT2D eigenvalue weighted by Crippen LogP contribution is 2.29. The summed E-state index contributed by atoms with van der Waals surface area (Å²) in [6.07, 6.45) is 0. The molecule has 0 saturated carbocycles. The fraction of sp³-hybridized carbons (Fsp3) is 0. The van der Waals surface area contributed by atoms with Gasteiger partial charge in [0.1, 0.15) is 0 Å². The van der Waals surface area contributed by atoms with Gasteiger partial charge in [0.05, 0.1) is 45.3 Å². The molecule has 0 unspecified atom stereocenters. The molecule has 0 aliphatic heterocycles. The Morgan fingerprint density at radius 1 is 0.444 bits per heavy atom. The molecule has 7 nitrogen and oxygen atoms in total. The molecule has 3 heterocycles. The predicted molar refractivity (Wildman–Crippen MR) is 135 cm³/mol. The number of aromatic carboxylic acids is 2. The normalized spacial score (nSPS) is 10.7. The molecule has 0 spiro atoms. The van der Waals surface area contributed by atoms with E-state index in [4.69, 9.17) is 4.98 Å². The van der Waals surface area contributed by atoms with Gasteiger partial charge in [-0.25, -0.2) is 24.5 Å². The minimum Gasteiger partial charge on any atom is -0.478 e. The summed E-state index contributed by atoms with van der Waals surface area (Å²) < 4.78 is 0. The molecule has 0 fully saturated rings. The maximum Gasteiger partial charge on any atom is 0.337 e. The lowest BCUT2D eigenvalue weighted by Crippen LogP contribution is -2.04. The largest absolute Gasteiger partial charge is 0.478 e. The van der Waals surface area contributed by atoms with E-state index in [2.05, 4.69) is 9.97 Å². The van der Waals surface area contributed by atoms with E-state index in [1.807, 2.05) is 42.5 Å². The van der Waals surface area contributed by atoms with Crippen LogP contribution < -0.4 is 0 Å². The van der Waals surface area contributed by atoms with Gasteiger partial charge in [-0.15, -0.1) is 0 Å². The fourth-order valence-corrected chi connectivity index (χ4v) is 3.90. The van der Waals surface area contributed by atoms with Crippen molar-refractivity contribution >= 4 is 11.9 Å². The summed E-state index contributed by atoms with van der Waals surface area (Å²) >= 11 is 0. The molecule has 0 bridgehead atoms. The zero-order valence-corrected chi connectivity index (χ0v) is 18.9. The van der Waals surface area contributed by atoms with E-state index in [1.54, 1.807) is 48.5 Å². The average molecular weight is 473 g/mol. The van der Waals surface area contributed by atoms with Crippen LogP contribution in [0.5, 0.6) is 0 Å². The van der Waals surface area contributed by atoms with Crippen LogP contribution in [0.2, 0.25) is 0 Å². The van der Waals surface area contributed by atoms with Crippen molar-refractivity contribution in [3.8, 4) is 45.3 Å². The third kappa shape index (κ3) is 4.45. The molecule has 0 radical (unpaired) electrons. The summed E-state index contributed by atoms with van der Waals surface area (Å²) in [5.74, 6) is -2.13. The minimum atomic E-state index is -1.06. The van der Waals surface area contributed by atoms with Gasteiger partial charge in [-0.3, -0.25) is 0 Å². The number of nitrogens with zero attached hydrogens (tertiary/aromatic N) is 3. The Bertz CT molecular complexity index is 1470. The highest BCUT2D eigenvalue weighted by Gasteiger charge is 2.17.